The molecule has 4 nitrogen and oxygen atoms in total. The van der Waals surface area contributed by atoms with Crippen LogP contribution in [0.5, 0.6) is 0 Å². The summed E-state index contributed by atoms with van der Waals surface area (Å²) in [5.41, 5.74) is 0.480. The SMILES string of the molecule is CNC(=O)C(C)(C)CCn1ccc(C)cc1=O. The van der Waals surface area contributed by atoms with Crippen molar-refractivity contribution in [1.82, 2.24) is 9.88 Å². The molecule has 0 unspecified atom stereocenters. The summed E-state index contributed by atoms with van der Waals surface area (Å²) in [7, 11) is 1.63. The van der Waals surface area contributed by atoms with Crippen molar-refractivity contribution in [3.05, 3.63) is 34.2 Å². The lowest BCUT2D eigenvalue weighted by Crippen LogP contribution is -2.36. The number of rotatable bonds is 4. The van der Waals surface area contributed by atoms with E-state index in [1.165, 1.54) is 0 Å². The van der Waals surface area contributed by atoms with Gasteiger partial charge in [-0.2, -0.15) is 0 Å². The Morgan fingerprint density at radius 1 is 1.47 bits per heavy atom. The molecule has 0 radical (unpaired) electrons. The minimum Gasteiger partial charge on any atom is -0.359 e. The van der Waals surface area contributed by atoms with E-state index in [1.54, 1.807) is 23.9 Å². The zero-order valence-corrected chi connectivity index (χ0v) is 10.9. The Hall–Kier alpha value is -1.58. The maximum atomic E-state index is 11.7. The molecular formula is C13H20N2O2. The number of hydrogen-bond acceptors (Lipinski definition) is 2. The van der Waals surface area contributed by atoms with Crippen molar-refractivity contribution in [3.8, 4) is 0 Å². The van der Waals surface area contributed by atoms with Gasteiger partial charge in [-0.1, -0.05) is 13.8 Å². The van der Waals surface area contributed by atoms with Crippen molar-refractivity contribution in [2.24, 2.45) is 5.41 Å². The molecule has 1 amide bonds. The Balaban J connectivity index is 2.74. The highest BCUT2D eigenvalue weighted by Gasteiger charge is 2.26. The lowest BCUT2D eigenvalue weighted by molar-refractivity contribution is -0.129. The number of nitrogens with zero attached hydrogens (tertiary/aromatic N) is 1. The maximum Gasteiger partial charge on any atom is 0.250 e. The Morgan fingerprint density at radius 3 is 2.65 bits per heavy atom. The number of pyridine rings is 1. The van der Waals surface area contributed by atoms with E-state index in [2.05, 4.69) is 5.32 Å². The summed E-state index contributed by atoms with van der Waals surface area (Å²) in [4.78, 5) is 23.3. The van der Waals surface area contributed by atoms with Gasteiger partial charge < -0.3 is 9.88 Å². The number of nitrogens with one attached hydrogen (secondary N) is 1. The zero-order valence-electron chi connectivity index (χ0n) is 10.9. The minimum atomic E-state index is -0.459. The second-order valence-electron chi connectivity index (χ2n) is 4.95. The van der Waals surface area contributed by atoms with Crippen LogP contribution in [0.3, 0.4) is 0 Å². The highest BCUT2D eigenvalue weighted by Crippen LogP contribution is 2.20. The molecule has 1 rings (SSSR count). The summed E-state index contributed by atoms with van der Waals surface area (Å²) >= 11 is 0. The third kappa shape index (κ3) is 3.44. The molecule has 4 heteroatoms. The Kier molecular flexibility index (Phi) is 4.10. The van der Waals surface area contributed by atoms with Crippen LogP contribution in [0, 0.1) is 12.3 Å². The van der Waals surface area contributed by atoms with Crippen molar-refractivity contribution in [1.29, 1.82) is 0 Å². The molecule has 1 aromatic rings. The summed E-state index contributed by atoms with van der Waals surface area (Å²) in [5.74, 6) is -0.00217. The summed E-state index contributed by atoms with van der Waals surface area (Å²) in [6.07, 6.45) is 2.41. The van der Waals surface area contributed by atoms with Crippen molar-refractivity contribution >= 4 is 5.91 Å². The summed E-state index contributed by atoms with van der Waals surface area (Å²) in [6.45, 7) is 6.20. The topological polar surface area (TPSA) is 51.1 Å². The van der Waals surface area contributed by atoms with E-state index < -0.39 is 5.41 Å². The third-order valence-corrected chi connectivity index (χ3v) is 2.97. The average Bonchev–Trinajstić information content (AvgIpc) is 2.26. The highest BCUT2D eigenvalue weighted by atomic mass is 16.2. The van der Waals surface area contributed by atoms with Crippen LogP contribution in [0.2, 0.25) is 0 Å². The maximum absolute atomic E-state index is 11.7. The standard InChI is InChI=1S/C13H20N2O2/c1-10-5-7-15(11(16)9-10)8-6-13(2,3)12(17)14-4/h5,7,9H,6,8H2,1-4H3,(H,14,17). The molecule has 0 aliphatic rings. The molecule has 94 valence electrons. The number of aryl methyl sites for hydroxylation is 2. The van der Waals surface area contributed by atoms with Crippen LogP contribution in [-0.4, -0.2) is 17.5 Å². The van der Waals surface area contributed by atoms with Gasteiger partial charge in [-0.3, -0.25) is 9.59 Å². The molecule has 1 heterocycles. The van der Waals surface area contributed by atoms with E-state index in [-0.39, 0.29) is 11.5 Å². The molecule has 0 aliphatic carbocycles. The number of carbonyl (C=O) groups is 1. The molecule has 0 aromatic carbocycles. The fraction of sp³-hybridized carbons (Fsp3) is 0.538. The van der Waals surface area contributed by atoms with Crippen molar-refractivity contribution in [2.75, 3.05) is 7.05 Å². The Bertz CT molecular complexity index is 461. The van der Waals surface area contributed by atoms with Crippen LogP contribution in [0.15, 0.2) is 23.1 Å². The van der Waals surface area contributed by atoms with Crippen LogP contribution in [0.25, 0.3) is 0 Å². The van der Waals surface area contributed by atoms with E-state index in [1.807, 2.05) is 26.8 Å². The fourth-order valence-corrected chi connectivity index (χ4v) is 1.64. The molecule has 0 aliphatic heterocycles. The Labute approximate surface area is 102 Å². The van der Waals surface area contributed by atoms with E-state index in [0.29, 0.717) is 13.0 Å². The zero-order chi connectivity index (χ0) is 13.1. The monoisotopic (exact) mass is 236 g/mol. The van der Waals surface area contributed by atoms with E-state index in [0.717, 1.165) is 5.56 Å². The molecule has 17 heavy (non-hydrogen) atoms. The molecule has 1 aromatic heterocycles. The summed E-state index contributed by atoms with van der Waals surface area (Å²) in [6, 6.07) is 3.50. The first-order valence-corrected chi connectivity index (χ1v) is 5.76. The first-order valence-electron chi connectivity index (χ1n) is 5.76. The molecular weight excluding hydrogens is 216 g/mol. The van der Waals surface area contributed by atoms with Gasteiger partial charge in [-0.15, -0.1) is 0 Å². The van der Waals surface area contributed by atoms with Gasteiger partial charge in [0, 0.05) is 31.3 Å². The van der Waals surface area contributed by atoms with Crippen LogP contribution in [-0.2, 0) is 11.3 Å². The average molecular weight is 236 g/mol. The lowest BCUT2D eigenvalue weighted by atomic mass is 9.88. The van der Waals surface area contributed by atoms with Gasteiger partial charge in [0.2, 0.25) is 5.91 Å². The first-order chi connectivity index (χ1) is 7.86. The van der Waals surface area contributed by atoms with Crippen molar-refractivity contribution in [3.63, 3.8) is 0 Å². The lowest BCUT2D eigenvalue weighted by Gasteiger charge is -2.22. The second kappa shape index (κ2) is 5.17. The van der Waals surface area contributed by atoms with Gasteiger partial charge in [0.1, 0.15) is 0 Å². The fourth-order valence-electron chi connectivity index (χ4n) is 1.64. The van der Waals surface area contributed by atoms with Gasteiger partial charge in [-0.25, -0.2) is 0 Å². The quantitative estimate of drug-likeness (QED) is 0.857. The van der Waals surface area contributed by atoms with Crippen LogP contribution < -0.4 is 10.9 Å². The molecule has 0 saturated carbocycles. The third-order valence-electron chi connectivity index (χ3n) is 2.97. The van der Waals surface area contributed by atoms with Gasteiger partial charge >= 0.3 is 0 Å². The molecule has 0 bridgehead atoms. The molecule has 0 fully saturated rings. The molecule has 0 spiro atoms. The largest absolute Gasteiger partial charge is 0.359 e. The predicted molar refractivity (Wildman–Crippen MR) is 67.9 cm³/mol. The van der Waals surface area contributed by atoms with Gasteiger partial charge in [0.05, 0.1) is 0 Å². The van der Waals surface area contributed by atoms with Crippen LogP contribution in [0.4, 0.5) is 0 Å². The van der Waals surface area contributed by atoms with E-state index >= 15 is 0 Å². The van der Waals surface area contributed by atoms with Crippen LogP contribution >= 0.6 is 0 Å². The van der Waals surface area contributed by atoms with E-state index in [4.69, 9.17) is 0 Å². The van der Waals surface area contributed by atoms with E-state index in [9.17, 15) is 9.59 Å². The smallest absolute Gasteiger partial charge is 0.250 e. The first kappa shape index (κ1) is 13.5. The van der Waals surface area contributed by atoms with Gasteiger partial charge in [0.25, 0.3) is 5.56 Å². The number of amides is 1. The molecule has 0 atom stereocenters. The number of aromatic nitrogens is 1. The minimum absolute atomic E-state index is 0.00217. The predicted octanol–water partition coefficient (Wildman–Crippen LogP) is 1.32. The van der Waals surface area contributed by atoms with Gasteiger partial charge in [0.15, 0.2) is 0 Å². The molecule has 1 N–H and O–H groups in total. The van der Waals surface area contributed by atoms with Crippen LogP contribution in [0.1, 0.15) is 25.8 Å². The second-order valence-corrected chi connectivity index (χ2v) is 4.95. The van der Waals surface area contributed by atoms with Crippen molar-refractivity contribution < 1.29 is 4.79 Å². The normalized spacial score (nSPS) is 11.3. The summed E-state index contributed by atoms with van der Waals surface area (Å²) in [5, 5.41) is 2.64. The van der Waals surface area contributed by atoms with Gasteiger partial charge in [-0.05, 0) is 25.0 Å². The highest BCUT2D eigenvalue weighted by molar-refractivity contribution is 5.81. The number of hydrogen-bond donors (Lipinski definition) is 1. The summed E-state index contributed by atoms with van der Waals surface area (Å²) < 4.78 is 1.64. The number of carbonyl (C=O) groups excluding carboxylic acids is 1. The Morgan fingerprint density at radius 2 is 2.12 bits per heavy atom. The van der Waals surface area contributed by atoms with Crippen molar-refractivity contribution in [2.45, 2.75) is 33.7 Å². The molecule has 0 saturated heterocycles.